The molecule has 0 aliphatic heterocycles. The lowest BCUT2D eigenvalue weighted by atomic mass is 10.2. The summed E-state index contributed by atoms with van der Waals surface area (Å²) in [6.07, 6.45) is 1.74. The summed E-state index contributed by atoms with van der Waals surface area (Å²) < 4.78 is 11.1. The number of carbonyl (C=O) groups excluding carboxylic acids is 1. The van der Waals surface area contributed by atoms with Gasteiger partial charge in [0.1, 0.15) is 0 Å². The molecule has 0 unspecified atom stereocenters. The van der Waals surface area contributed by atoms with Crippen molar-refractivity contribution in [3.8, 4) is 11.5 Å². The Hall–Kier alpha value is -1.42. The van der Waals surface area contributed by atoms with E-state index in [-0.39, 0.29) is 10.6 Å². The molecule has 0 fully saturated rings. The van der Waals surface area contributed by atoms with Gasteiger partial charge in [0.05, 0.1) is 23.8 Å². The van der Waals surface area contributed by atoms with Crippen LogP contribution in [0.25, 0.3) is 0 Å². The van der Waals surface area contributed by atoms with Gasteiger partial charge in [-0.25, -0.2) is 0 Å². The van der Waals surface area contributed by atoms with Gasteiger partial charge in [0.2, 0.25) is 5.91 Å². The van der Waals surface area contributed by atoms with Crippen molar-refractivity contribution in [1.82, 2.24) is 0 Å². The van der Waals surface area contributed by atoms with E-state index in [0.29, 0.717) is 24.7 Å². The standard InChI is InChI=1S/C13H18ClNO3/c1-3-5-17-11-7-9(13(15)16)10(14)8-12(11)18-6-4-2/h7-8H,3-6H2,1-2H3,(H2,15,16). The Labute approximate surface area is 112 Å². The Morgan fingerprint density at radius 2 is 1.67 bits per heavy atom. The van der Waals surface area contributed by atoms with Gasteiger partial charge in [-0.15, -0.1) is 0 Å². The Morgan fingerprint density at radius 1 is 1.17 bits per heavy atom. The number of amides is 1. The highest BCUT2D eigenvalue weighted by atomic mass is 35.5. The molecule has 0 atom stereocenters. The number of primary amides is 1. The van der Waals surface area contributed by atoms with Crippen LogP contribution in [0.5, 0.6) is 11.5 Å². The van der Waals surface area contributed by atoms with Crippen LogP contribution in [-0.4, -0.2) is 19.1 Å². The first kappa shape index (κ1) is 14.6. The van der Waals surface area contributed by atoms with E-state index >= 15 is 0 Å². The van der Waals surface area contributed by atoms with Crippen molar-refractivity contribution in [3.63, 3.8) is 0 Å². The van der Waals surface area contributed by atoms with Crippen molar-refractivity contribution < 1.29 is 14.3 Å². The van der Waals surface area contributed by atoms with Gasteiger partial charge in [0.25, 0.3) is 0 Å². The predicted molar refractivity (Wildman–Crippen MR) is 71.5 cm³/mol. The van der Waals surface area contributed by atoms with E-state index in [1.54, 1.807) is 6.07 Å². The second-order valence-electron chi connectivity index (χ2n) is 3.84. The van der Waals surface area contributed by atoms with E-state index in [4.69, 9.17) is 26.8 Å². The minimum absolute atomic E-state index is 0.242. The van der Waals surface area contributed by atoms with Gasteiger partial charge in [-0.3, -0.25) is 4.79 Å². The summed E-state index contributed by atoms with van der Waals surface area (Å²) in [5.41, 5.74) is 5.48. The molecule has 5 heteroatoms. The SMILES string of the molecule is CCCOc1cc(Cl)c(C(N)=O)cc1OCCC. The van der Waals surface area contributed by atoms with E-state index in [1.165, 1.54) is 6.07 Å². The maximum Gasteiger partial charge on any atom is 0.250 e. The zero-order chi connectivity index (χ0) is 13.5. The molecule has 0 bridgehead atoms. The van der Waals surface area contributed by atoms with Crippen LogP contribution in [0.1, 0.15) is 37.0 Å². The minimum atomic E-state index is -0.580. The van der Waals surface area contributed by atoms with Crippen LogP contribution in [0.3, 0.4) is 0 Å². The van der Waals surface area contributed by atoms with Gasteiger partial charge >= 0.3 is 0 Å². The van der Waals surface area contributed by atoms with Gasteiger partial charge in [-0.05, 0) is 18.9 Å². The molecule has 0 saturated heterocycles. The van der Waals surface area contributed by atoms with Gasteiger partial charge in [0, 0.05) is 6.07 Å². The average molecular weight is 272 g/mol. The molecule has 18 heavy (non-hydrogen) atoms. The third-order valence-corrected chi connectivity index (χ3v) is 2.53. The monoisotopic (exact) mass is 271 g/mol. The first-order valence-electron chi connectivity index (χ1n) is 5.99. The zero-order valence-corrected chi connectivity index (χ0v) is 11.4. The Balaban J connectivity index is 3.06. The molecule has 1 amide bonds. The predicted octanol–water partition coefficient (Wildman–Crippen LogP) is 3.02. The summed E-state index contributed by atoms with van der Waals surface area (Å²) in [5.74, 6) is 0.465. The van der Waals surface area contributed by atoms with Crippen molar-refractivity contribution in [2.24, 2.45) is 5.73 Å². The number of nitrogens with two attached hydrogens (primary N) is 1. The molecule has 4 nitrogen and oxygen atoms in total. The minimum Gasteiger partial charge on any atom is -0.490 e. The number of hydrogen-bond donors (Lipinski definition) is 1. The smallest absolute Gasteiger partial charge is 0.250 e. The molecule has 0 spiro atoms. The first-order chi connectivity index (χ1) is 8.60. The normalized spacial score (nSPS) is 10.2. The summed E-state index contributed by atoms with van der Waals surface area (Å²) in [7, 11) is 0. The number of halogens is 1. The van der Waals surface area contributed by atoms with Crippen LogP contribution >= 0.6 is 11.6 Å². The Morgan fingerprint density at radius 3 is 2.11 bits per heavy atom. The van der Waals surface area contributed by atoms with Gasteiger partial charge in [-0.1, -0.05) is 25.4 Å². The molecule has 0 aliphatic rings. The Kier molecular flexibility index (Phi) is 5.78. The maximum atomic E-state index is 11.2. The highest BCUT2D eigenvalue weighted by Gasteiger charge is 2.14. The third kappa shape index (κ3) is 3.81. The summed E-state index contributed by atoms with van der Waals surface area (Å²) in [5, 5.41) is 0.275. The topological polar surface area (TPSA) is 61.5 Å². The van der Waals surface area contributed by atoms with E-state index in [0.717, 1.165) is 12.8 Å². The molecular weight excluding hydrogens is 254 g/mol. The molecule has 1 aromatic carbocycles. The Bertz CT molecular complexity index is 421. The molecule has 0 heterocycles. The number of hydrogen-bond acceptors (Lipinski definition) is 3. The molecule has 100 valence electrons. The van der Waals surface area contributed by atoms with Gasteiger partial charge in [-0.2, -0.15) is 0 Å². The van der Waals surface area contributed by atoms with Crippen molar-refractivity contribution in [2.45, 2.75) is 26.7 Å². The van der Waals surface area contributed by atoms with Crippen LogP contribution in [-0.2, 0) is 0 Å². The van der Waals surface area contributed by atoms with Crippen LogP contribution in [0, 0.1) is 0 Å². The fourth-order valence-corrected chi connectivity index (χ4v) is 1.62. The van der Waals surface area contributed by atoms with Crippen LogP contribution in [0.15, 0.2) is 12.1 Å². The van der Waals surface area contributed by atoms with E-state index in [2.05, 4.69) is 0 Å². The van der Waals surface area contributed by atoms with Crippen molar-refractivity contribution >= 4 is 17.5 Å². The first-order valence-corrected chi connectivity index (χ1v) is 6.36. The second-order valence-corrected chi connectivity index (χ2v) is 4.25. The van der Waals surface area contributed by atoms with Gasteiger partial charge < -0.3 is 15.2 Å². The second kappa shape index (κ2) is 7.11. The molecule has 0 aliphatic carbocycles. The fraction of sp³-hybridized carbons (Fsp3) is 0.462. The summed E-state index contributed by atoms with van der Waals surface area (Å²) in [6.45, 7) is 5.11. The lowest BCUT2D eigenvalue weighted by Crippen LogP contribution is -2.12. The van der Waals surface area contributed by atoms with E-state index in [1.807, 2.05) is 13.8 Å². The van der Waals surface area contributed by atoms with Gasteiger partial charge in [0.15, 0.2) is 11.5 Å². The maximum absolute atomic E-state index is 11.2. The highest BCUT2D eigenvalue weighted by molar-refractivity contribution is 6.34. The molecule has 0 saturated carbocycles. The molecule has 1 rings (SSSR count). The van der Waals surface area contributed by atoms with Crippen molar-refractivity contribution in [2.75, 3.05) is 13.2 Å². The number of carbonyl (C=O) groups is 1. The summed E-state index contributed by atoms with van der Waals surface area (Å²) >= 11 is 5.97. The quantitative estimate of drug-likeness (QED) is 0.829. The molecule has 0 radical (unpaired) electrons. The molecule has 2 N–H and O–H groups in total. The summed E-state index contributed by atoms with van der Waals surface area (Å²) in [6, 6.07) is 3.10. The summed E-state index contributed by atoms with van der Waals surface area (Å²) in [4.78, 5) is 11.2. The number of benzene rings is 1. The lowest BCUT2D eigenvalue weighted by Gasteiger charge is -2.13. The van der Waals surface area contributed by atoms with Crippen LogP contribution in [0.4, 0.5) is 0 Å². The molecular formula is C13H18ClNO3. The number of rotatable bonds is 7. The van der Waals surface area contributed by atoms with Crippen LogP contribution in [0.2, 0.25) is 5.02 Å². The van der Waals surface area contributed by atoms with E-state index < -0.39 is 5.91 Å². The fourth-order valence-electron chi connectivity index (χ4n) is 1.37. The number of ether oxygens (including phenoxy) is 2. The molecule has 0 aromatic heterocycles. The van der Waals surface area contributed by atoms with E-state index in [9.17, 15) is 4.79 Å². The highest BCUT2D eigenvalue weighted by Crippen LogP contribution is 2.33. The lowest BCUT2D eigenvalue weighted by molar-refractivity contribution is 0.1000. The van der Waals surface area contributed by atoms with Crippen molar-refractivity contribution in [1.29, 1.82) is 0 Å². The zero-order valence-electron chi connectivity index (χ0n) is 10.7. The third-order valence-electron chi connectivity index (χ3n) is 2.22. The average Bonchev–Trinajstić information content (AvgIpc) is 2.34. The van der Waals surface area contributed by atoms with Crippen molar-refractivity contribution in [3.05, 3.63) is 22.7 Å². The molecule has 1 aromatic rings. The largest absolute Gasteiger partial charge is 0.490 e. The van der Waals surface area contributed by atoms with Crippen LogP contribution < -0.4 is 15.2 Å².